The van der Waals surface area contributed by atoms with Crippen LogP contribution in [-0.4, -0.2) is 28.3 Å². The molecule has 0 spiro atoms. The van der Waals surface area contributed by atoms with Crippen LogP contribution >= 0.6 is 0 Å². The van der Waals surface area contributed by atoms with E-state index in [4.69, 9.17) is 0 Å². The molecule has 5 nitrogen and oxygen atoms in total. The molecule has 190 valence electrons. The van der Waals surface area contributed by atoms with Gasteiger partial charge < -0.3 is 14.9 Å². The number of nitrogens with zero attached hydrogens (tertiary/aromatic N) is 5. The predicted molar refractivity (Wildman–Crippen MR) is 118 cm³/mol. The first-order chi connectivity index (χ1) is 15.8. The summed E-state index contributed by atoms with van der Waals surface area (Å²) in [5.74, 6) is -1.78. The topological polar surface area (TPSA) is 44.6 Å². The van der Waals surface area contributed by atoms with E-state index in [1.54, 1.807) is 37.2 Å². The molecular formula is C24H21F5N5Pt-3. The molecule has 0 atom stereocenters. The van der Waals surface area contributed by atoms with E-state index in [9.17, 15) is 22.0 Å². The molecule has 1 aliphatic rings. The summed E-state index contributed by atoms with van der Waals surface area (Å²) in [4.78, 5) is 8.90. The Bertz CT molecular complexity index is 1160. The van der Waals surface area contributed by atoms with Crippen LogP contribution in [0.15, 0.2) is 47.7 Å². The number of rotatable bonds is 2. The smallest absolute Gasteiger partial charge is 0.370 e. The second kappa shape index (κ2) is 11.2. The van der Waals surface area contributed by atoms with E-state index < -0.39 is 23.6 Å². The molecule has 3 heterocycles. The van der Waals surface area contributed by atoms with Crippen LogP contribution in [0.3, 0.4) is 0 Å². The van der Waals surface area contributed by atoms with Crippen LogP contribution in [0.4, 0.5) is 27.6 Å². The number of hydrazone groups is 1. The first-order valence-corrected chi connectivity index (χ1v) is 10.0. The van der Waals surface area contributed by atoms with Crippen molar-refractivity contribution in [2.75, 3.05) is 12.1 Å². The minimum Gasteiger partial charge on any atom is -0.493 e. The summed E-state index contributed by atoms with van der Waals surface area (Å²) < 4.78 is 63.1. The Morgan fingerprint density at radius 2 is 1.69 bits per heavy atom. The van der Waals surface area contributed by atoms with Crippen LogP contribution in [0.25, 0.3) is 11.3 Å². The minimum absolute atomic E-state index is 0. The van der Waals surface area contributed by atoms with Gasteiger partial charge in [0.25, 0.3) is 0 Å². The summed E-state index contributed by atoms with van der Waals surface area (Å²) in [5, 5.41) is 5.39. The molecule has 1 aromatic carbocycles. The van der Waals surface area contributed by atoms with E-state index in [2.05, 4.69) is 48.0 Å². The Labute approximate surface area is 215 Å². The fourth-order valence-corrected chi connectivity index (χ4v) is 2.82. The molecule has 0 radical (unpaired) electrons. The number of hydrogen-bond donors (Lipinski definition) is 0. The number of anilines is 1. The molecule has 3 aromatic rings. The van der Waals surface area contributed by atoms with Gasteiger partial charge in [-0.15, -0.1) is 18.8 Å². The van der Waals surface area contributed by atoms with Gasteiger partial charge in [-0.2, -0.15) is 36.5 Å². The molecule has 0 aliphatic carbocycles. The van der Waals surface area contributed by atoms with Crippen molar-refractivity contribution in [3.63, 3.8) is 0 Å². The van der Waals surface area contributed by atoms with Gasteiger partial charge in [-0.3, -0.25) is 4.98 Å². The number of halogens is 5. The molecule has 35 heavy (non-hydrogen) atoms. The molecule has 11 heteroatoms. The van der Waals surface area contributed by atoms with Gasteiger partial charge in [0.1, 0.15) is 11.9 Å². The van der Waals surface area contributed by atoms with Crippen molar-refractivity contribution in [1.82, 2.24) is 14.9 Å². The maximum Gasteiger partial charge on any atom is 0.370 e. The molecule has 0 saturated heterocycles. The van der Waals surface area contributed by atoms with Crippen LogP contribution in [0, 0.1) is 30.7 Å². The second-order valence-electron chi connectivity index (χ2n) is 8.39. The van der Waals surface area contributed by atoms with Crippen molar-refractivity contribution < 1.29 is 43.0 Å². The fourth-order valence-electron chi connectivity index (χ4n) is 2.82. The Hall–Kier alpha value is -2.87. The third-order valence-corrected chi connectivity index (χ3v) is 4.65. The SMILES string of the molecule is CC(C)(C)c1ccnc(-c2[c-]cc(F)nc2F)c1.CN1C=NN(c2[c-]cc(C(F)(F)F)cc2)[CH-]1.[Pt]. The van der Waals surface area contributed by atoms with Crippen LogP contribution in [0.5, 0.6) is 0 Å². The largest absolute Gasteiger partial charge is 0.493 e. The molecule has 0 bridgehead atoms. The van der Waals surface area contributed by atoms with E-state index >= 15 is 0 Å². The summed E-state index contributed by atoms with van der Waals surface area (Å²) in [5.41, 5.74) is 1.20. The molecule has 0 saturated carbocycles. The van der Waals surface area contributed by atoms with Crippen molar-refractivity contribution >= 4 is 12.0 Å². The maximum absolute atomic E-state index is 13.5. The normalized spacial score (nSPS) is 13.3. The van der Waals surface area contributed by atoms with Crippen LogP contribution in [-0.2, 0) is 32.7 Å². The zero-order valence-electron chi connectivity index (χ0n) is 19.1. The summed E-state index contributed by atoms with van der Waals surface area (Å²) >= 11 is 0. The Kier molecular flexibility index (Phi) is 9.11. The average Bonchev–Trinajstić information content (AvgIpc) is 3.19. The molecule has 4 rings (SSSR count). The summed E-state index contributed by atoms with van der Waals surface area (Å²) in [6.07, 6.45) is -1.18. The zero-order valence-corrected chi connectivity index (χ0v) is 21.4. The van der Waals surface area contributed by atoms with Gasteiger partial charge in [0.15, 0.2) is 0 Å². The van der Waals surface area contributed by atoms with Gasteiger partial charge in [0.2, 0.25) is 0 Å². The van der Waals surface area contributed by atoms with Crippen molar-refractivity contribution in [3.05, 3.63) is 84.4 Å². The van der Waals surface area contributed by atoms with E-state index in [0.717, 1.165) is 23.8 Å². The van der Waals surface area contributed by atoms with Gasteiger partial charge in [-0.25, -0.2) is 8.78 Å². The van der Waals surface area contributed by atoms with Crippen LogP contribution in [0.1, 0.15) is 31.9 Å². The average molecular weight is 670 g/mol. The molecule has 1 aliphatic heterocycles. The Morgan fingerprint density at radius 1 is 0.971 bits per heavy atom. The van der Waals surface area contributed by atoms with Crippen molar-refractivity contribution in [3.8, 4) is 11.3 Å². The summed E-state index contributed by atoms with van der Waals surface area (Å²) in [6, 6.07) is 13.0. The van der Waals surface area contributed by atoms with Gasteiger partial charge >= 0.3 is 6.18 Å². The molecule has 0 fully saturated rings. The van der Waals surface area contributed by atoms with Gasteiger partial charge in [0.05, 0.1) is 6.34 Å². The molecule has 2 aromatic heterocycles. The number of hydrogen-bond acceptors (Lipinski definition) is 5. The zero-order chi connectivity index (χ0) is 25.1. The quantitative estimate of drug-likeness (QED) is 0.196. The van der Waals surface area contributed by atoms with E-state index in [0.29, 0.717) is 11.4 Å². The van der Waals surface area contributed by atoms with E-state index in [1.165, 1.54) is 11.1 Å². The Balaban J connectivity index is 0.000000241. The number of pyridine rings is 2. The van der Waals surface area contributed by atoms with Crippen molar-refractivity contribution in [2.45, 2.75) is 32.4 Å². The predicted octanol–water partition coefficient (Wildman–Crippen LogP) is 5.84. The number of benzene rings is 1. The molecular weight excluding hydrogens is 648 g/mol. The third kappa shape index (κ3) is 7.55. The standard InChI is InChI=1S/C14H13F2N2.C10H8F3N3.Pt/c1-14(2,3)9-6-7-17-11(8-9)10-4-5-12(15)18-13(10)16;1-15-6-14-16(7-15)9-4-2-8(3-5-9)10(11,12)13;/h5-8H,1-3H3;2-4,6-7H,1H3;/q-1;-2;. The summed E-state index contributed by atoms with van der Waals surface area (Å²) in [6.45, 7) is 7.79. The second-order valence-corrected chi connectivity index (χ2v) is 8.39. The van der Waals surface area contributed by atoms with Crippen molar-refractivity contribution in [2.24, 2.45) is 5.10 Å². The minimum atomic E-state index is -4.33. The van der Waals surface area contributed by atoms with E-state index in [1.807, 2.05) is 6.07 Å². The maximum atomic E-state index is 13.5. The summed E-state index contributed by atoms with van der Waals surface area (Å²) in [7, 11) is 1.77. The molecule has 0 amide bonds. The van der Waals surface area contributed by atoms with E-state index in [-0.39, 0.29) is 32.0 Å². The van der Waals surface area contributed by atoms with Gasteiger partial charge in [-0.05, 0) is 29.8 Å². The first-order valence-electron chi connectivity index (χ1n) is 10.0. The van der Waals surface area contributed by atoms with Crippen molar-refractivity contribution in [1.29, 1.82) is 0 Å². The Morgan fingerprint density at radius 3 is 2.20 bits per heavy atom. The third-order valence-electron chi connectivity index (χ3n) is 4.65. The monoisotopic (exact) mass is 669 g/mol. The van der Waals surface area contributed by atoms with Gasteiger partial charge in [-0.1, -0.05) is 49.7 Å². The first kappa shape index (κ1) is 28.4. The number of aromatic nitrogens is 2. The molecule has 0 unspecified atom stereocenters. The number of alkyl halides is 3. The van der Waals surface area contributed by atoms with Crippen LogP contribution < -0.4 is 5.01 Å². The molecule has 0 N–H and O–H groups in total. The van der Waals surface area contributed by atoms with Crippen LogP contribution in [0.2, 0.25) is 0 Å². The fraction of sp³-hybridized carbons (Fsp3) is 0.250. The van der Waals surface area contributed by atoms with Gasteiger partial charge in [0, 0.05) is 27.3 Å².